The Hall–Kier alpha value is -2.77. The number of benzene rings is 1. The van der Waals surface area contributed by atoms with Crippen molar-refractivity contribution in [2.75, 3.05) is 19.8 Å². The number of carbonyl (C=O) groups is 2. The molecule has 0 fully saturated rings. The summed E-state index contributed by atoms with van der Waals surface area (Å²) >= 11 is 0. The van der Waals surface area contributed by atoms with Crippen molar-refractivity contribution in [3.05, 3.63) is 68.6 Å². The van der Waals surface area contributed by atoms with Gasteiger partial charge in [-0.25, -0.2) is 0 Å². The van der Waals surface area contributed by atoms with Gasteiger partial charge in [0, 0.05) is 30.8 Å². The molecule has 0 saturated carbocycles. The van der Waals surface area contributed by atoms with Crippen molar-refractivity contribution in [2.45, 2.75) is 46.8 Å². The Morgan fingerprint density at radius 3 is 2.61 bits per heavy atom. The second-order valence-corrected chi connectivity index (χ2v) is 8.60. The van der Waals surface area contributed by atoms with Crippen LogP contribution < -0.4 is 10.9 Å². The number of hydrogen-bond donors (Lipinski definition) is 2. The van der Waals surface area contributed by atoms with Crippen molar-refractivity contribution < 1.29 is 19.1 Å². The fourth-order valence-corrected chi connectivity index (χ4v) is 3.76. The van der Waals surface area contributed by atoms with E-state index >= 15 is 0 Å². The van der Waals surface area contributed by atoms with Crippen LogP contribution in [0.1, 0.15) is 64.7 Å². The lowest BCUT2D eigenvalue weighted by molar-refractivity contribution is 0.0453. The third-order valence-electron chi connectivity index (χ3n) is 5.25. The second kappa shape index (κ2) is 10.0. The number of hydrogen-bond acceptors (Lipinski definition) is 5. The first-order chi connectivity index (χ1) is 14.8. The number of aromatic amines is 1. The molecule has 0 spiro atoms. The van der Waals surface area contributed by atoms with Crippen molar-refractivity contribution in [3.8, 4) is 0 Å². The molecule has 1 heterocycles. The van der Waals surface area contributed by atoms with E-state index in [2.05, 4.69) is 10.3 Å². The molecule has 1 aromatic heterocycles. The average Bonchev–Trinajstić information content (AvgIpc) is 2.71. The maximum absolute atomic E-state index is 12.6. The monoisotopic (exact) mass is 426 g/mol. The number of aromatic nitrogens is 1. The predicted octanol–water partition coefficient (Wildman–Crippen LogP) is 3.01. The number of amides is 1. The number of ketones is 1. The van der Waals surface area contributed by atoms with E-state index in [1.54, 1.807) is 0 Å². The lowest BCUT2D eigenvalue weighted by Crippen LogP contribution is -2.34. The van der Waals surface area contributed by atoms with Crippen LogP contribution in [0.3, 0.4) is 0 Å². The van der Waals surface area contributed by atoms with Crippen LogP contribution in [-0.4, -0.2) is 36.5 Å². The van der Waals surface area contributed by atoms with Crippen LogP contribution >= 0.6 is 0 Å². The molecule has 1 aromatic carbocycles. The van der Waals surface area contributed by atoms with Gasteiger partial charge in [0.2, 0.25) is 0 Å². The maximum atomic E-state index is 12.6. The molecule has 0 saturated heterocycles. The molecule has 0 bridgehead atoms. The quantitative estimate of drug-likeness (QED) is 0.601. The minimum absolute atomic E-state index is 0.0396. The summed E-state index contributed by atoms with van der Waals surface area (Å²) in [6.45, 7) is 8.39. The molecule has 7 heteroatoms. The van der Waals surface area contributed by atoms with Gasteiger partial charge in [-0.15, -0.1) is 0 Å². The first kappa shape index (κ1) is 22.9. The van der Waals surface area contributed by atoms with E-state index in [9.17, 15) is 14.4 Å². The van der Waals surface area contributed by atoms with Crippen LogP contribution in [-0.2, 0) is 29.0 Å². The van der Waals surface area contributed by atoms with E-state index in [-0.39, 0.29) is 23.3 Å². The minimum Gasteiger partial charge on any atom is -0.379 e. The van der Waals surface area contributed by atoms with Gasteiger partial charge in [-0.1, -0.05) is 38.1 Å². The minimum atomic E-state index is -0.500. The molecule has 0 aliphatic heterocycles. The summed E-state index contributed by atoms with van der Waals surface area (Å²) in [7, 11) is 0. The van der Waals surface area contributed by atoms with Crippen LogP contribution in [0, 0.1) is 5.41 Å². The summed E-state index contributed by atoms with van der Waals surface area (Å²) in [5.74, 6) is -0.548. The molecule has 0 atom stereocenters. The van der Waals surface area contributed by atoms with E-state index in [0.29, 0.717) is 50.5 Å². The summed E-state index contributed by atoms with van der Waals surface area (Å²) in [6.07, 6.45) is 0.997. The molecule has 166 valence electrons. The first-order valence-corrected chi connectivity index (χ1v) is 10.6. The zero-order valence-corrected chi connectivity index (χ0v) is 18.4. The number of pyridine rings is 1. The Morgan fingerprint density at radius 1 is 1.10 bits per heavy atom. The van der Waals surface area contributed by atoms with Crippen LogP contribution in [0.2, 0.25) is 0 Å². The molecular formula is C24H30N2O5. The van der Waals surface area contributed by atoms with E-state index in [1.165, 1.54) is 6.07 Å². The number of Topliss-reactive ketones (excluding diaryl/α,β-unsaturated/α-hetero) is 1. The molecule has 2 N–H and O–H groups in total. The molecule has 0 unspecified atom stereocenters. The molecule has 1 aliphatic rings. The third-order valence-corrected chi connectivity index (χ3v) is 5.25. The SMILES string of the molecule is CCOCCOCc1cccc(CNC(=O)c2cc3c([nH]c2=O)CC(C)(C)CC3=O)c1. The van der Waals surface area contributed by atoms with Gasteiger partial charge in [0.25, 0.3) is 11.5 Å². The largest absolute Gasteiger partial charge is 0.379 e. The highest BCUT2D eigenvalue weighted by Crippen LogP contribution is 2.33. The number of nitrogens with one attached hydrogen (secondary N) is 2. The summed E-state index contributed by atoms with van der Waals surface area (Å²) in [4.78, 5) is 40.3. The second-order valence-electron chi connectivity index (χ2n) is 8.60. The molecule has 0 radical (unpaired) electrons. The van der Waals surface area contributed by atoms with Gasteiger partial charge in [0.15, 0.2) is 5.78 Å². The van der Waals surface area contributed by atoms with Crippen LogP contribution in [0.4, 0.5) is 0 Å². The van der Waals surface area contributed by atoms with E-state index < -0.39 is 11.5 Å². The molecule has 7 nitrogen and oxygen atoms in total. The van der Waals surface area contributed by atoms with E-state index in [1.807, 2.05) is 45.0 Å². The lowest BCUT2D eigenvalue weighted by atomic mass is 9.75. The Kier molecular flexibility index (Phi) is 7.41. The normalized spacial score (nSPS) is 14.9. The van der Waals surface area contributed by atoms with Crippen molar-refractivity contribution >= 4 is 11.7 Å². The maximum Gasteiger partial charge on any atom is 0.261 e. The molecule has 2 aromatic rings. The molecule has 1 amide bonds. The highest BCUT2D eigenvalue weighted by atomic mass is 16.5. The highest BCUT2D eigenvalue weighted by Gasteiger charge is 2.32. The molecular weight excluding hydrogens is 396 g/mol. The van der Waals surface area contributed by atoms with Gasteiger partial charge < -0.3 is 19.8 Å². The molecule has 3 rings (SSSR count). The van der Waals surface area contributed by atoms with Gasteiger partial charge in [0.1, 0.15) is 5.56 Å². The fraction of sp³-hybridized carbons (Fsp3) is 0.458. The topological polar surface area (TPSA) is 97.5 Å². The Bertz CT molecular complexity index is 1010. The number of ether oxygens (including phenoxy) is 2. The van der Waals surface area contributed by atoms with Gasteiger partial charge >= 0.3 is 0 Å². The van der Waals surface area contributed by atoms with Crippen molar-refractivity contribution in [1.82, 2.24) is 10.3 Å². The standard InChI is InChI=1S/C24H30N2O5/c1-4-30-8-9-31-15-17-7-5-6-16(10-17)14-25-22(28)19-11-18-20(26-23(19)29)12-24(2,3)13-21(18)27/h5-7,10-11H,4,8-9,12-15H2,1-3H3,(H,25,28)(H,26,29). The summed E-state index contributed by atoms with van der Waals surface area (Å²) in [5, 5.41) is 2.77. The number of fused-ring (bicyclic) bond motifs is 1. The Morgan fingerprint density at radius 2 is 1.84 bits per heavy atom. The van der Waals surface area contributed by atoms with Gasteiger partial charge in [-0.05, 0) is 36.0 Å². The van der Waals surface area contributed by atoms with Gasteiger partial charge in [-0.3, -0.25) is 14.4 Å². The molecule has 1 aliphatic carbocycles. The van der Waals surface area contributed by atoms with Crippen LogP contribution in [0.5, 0.6) is 0 Å². The summed E-state index contributed by atoms with van der Waals surface area (Å²) < 4.78 is 10.8. The average molecular weight is 427 g/mol. The zero-order chi connectivity index (χ0) is 22.4. The lowest BCUT2D eigenvalue weighted by Gasteiger charge is -2.29. The highest BCUT2D eigenvalue weighted by molar-refractivity contribution is 6.02. The summed E-state index contributed by atoms with van der Waals surface area (Å²) in [5.41, 5.74) is 2.22. The predicted molar refractivity (Wildman–Crippen MR) is 117 cm³/mol. The van der Waals surface area contributed by atoms with Crippen molar-refractivity contribution in [3.63, 3.8) is 0 Å². The number of H-pyrrole nitrogens is 1. The number of rotatable bonds is 9. The van der Waals surface area contributed by atoms with Gasteiger partial charge in [-0.2, -0.15) is 0 Å². The first-order valence-electron chi connectivity index (χ1n) is 10.6. The fourth-order valence-electron chi connectivity index (χ4n) is 3.76. The van der Waals surface area contributed by atoms with E-state index in [0.717, 1.165) is 11.1 Å². The number of carbonyl (C=O) groups excluding carboxylic acids is 2. The van der Waals surface area contributed by atoms with Crippen molar-refractivity contribution in [1.29, 1.82) is 0 Å². The van der Waals surface area contributed by atoms with Crippen LogP contribution in [0.25, 0.3) is 0 Å². The van der Waals surface area contributed by atoms with Crippen LogP contribution in [0.15, 0.2) is 35.1 Å². The van der Waals surface area contributed by atoms with Crippen molar-refractivity contribution in [2.24, 2.45) is 5.41 Å². The Balaban J connectivity index is 1.63. The summed E-state index contributed by atoms with van der Waals surface area (Å²) in [6, 6.07) is 9.13. The zero-order valence-electron chi connectivity index (χ0n) is 18.4. The van der Waals surface area contributed by atoms with E-state index in [4.69, 9.17) is 9.47 Å². The Labute approximate surface area is 182 Å². The molecule has 31 heavy (non-hydrogen) atoms. The van der Waals surface area contributed by atoms with Gasteiger partial charge in [0.05, 0.1) is 19.8 Å². The third kappa shape index (κ3) is 6.12. The smallest absolute Gasteiger partial charge is 0.261 e.